The topological polar surface area (TPSA) is 46.3 Å². The summed E-state index contributed by atoms with van der Waals surface area (Å²) in [5.41, 5.74) is 5.40. The second-order valence-corrected chi connectivity index (χ2v) is 4.22. The number of hydrogen-bond acceptors (Lipinski definition) is 2. The fourth-order valence-electron chi connectivity index (χ4n) is 2.05. The van der Waals surface area contributed by atoms with Crippen molar-refractivity contribution in [3.8, 4) is 0 Å². The van der Waals surface area contributed by atoms with Crippen LogP contribution in [0.25, 0.3) is 0 Å². The van der Waals surface area contributed by atoms with Gasteiger partial charge < -0.3 is 10.6 Å². The van der Waals surface area contributed by atoms with Crippen LogP contribution in [0.4, 0.5) is 13.2 Å². The molecule has 3 nitrogen and oxygen atoms in total. The minimum absolute atomic E-state index is 0. The molecule has 0 aliphatic carbocycles. The van der Waals surface area contributed by atoms with Crippen molar-refractivity contribution in [2.75, 3.05) is 19.6 Å². The van der Waals surface area contributed by atoms with Crippen molar-refractivity contribution in [3.05, 3.63) is 0 Å². The van der Waals surface area contributed by atoms with E-state index in [9.17, 15) is 18.0 Å². The van der Waals surface area contributed by atoms with Gasteiger partial charge in [0.2, 0.25) is 5.91 Å². The van der Waals surface area contributed by atoms with Crippen molar-refractivity contribution >= 4 is 18.3 Å². The fraction of sp³-hybridized carbons (Fsp3) is 0.900. The fourth-order valence-corrected chi connectivity index (χ4v) is 2.05. The summed E-state index contributed by atoms with van der Waals surface area (Å²) in [5, 5.41) is 0. The van der Waals surface area contributed by atoms with Gasteiger partial charge in [-0.15, -0.1) is 12.4 Å². The second kappa shape index (κ2) is 7.06. The molecule has 0 spiro atoms. The third-order valence-electron chi connectivity index (χ3n) is 2.80. The van der Waals surface area contributed by atoms with Crippen LogP contribution in [-0.2, 0) is 4.79 Å². The first-order valence-electron chi connectivity index (χ1n) is 5.47. The number of carbonyl (C=O) groups is 1. The van der Waals surface area contributed by atoms with Gasteiger partial charge in [0.15, 0.2) is 0 Å². The summed E-state index contributed by atoms with van der Waals surface area (Å²) in [4.78, 5) is 12.7. The number of alkyl halides is 3. The van der Waals surface area contributed by atoms with Gasteiger partial charge in [0.05, 0.1) is 0 Å². The highest BCUT2D eigenvalue weighted by molar-refractivity contribution is 5.85. The van der Waals surface area contributed by atoms with Gasteiger partial charge in [-0.25, -0.2) is 0 Å². The van der Waals surface area contributed by atoms with Gasteiger partial charge >= 0.3 is 6.18 Å². The lowest BCUT2D eigenvalue weighted by molar-refractivity contribution is -0.162. The van der Waals surface area contributed by atoms with Crippen molar-refractivity contribution < 1.29 is 18.0 Å². The summed E-state index contributed by atoms with van der Waals surface area (Å²) in [6.07, 6.45) is -3.25. The van der Waals surface area contributed by atoms with Crippen LogP contribution in [0.15, 0.2) is 0 Å². The lowest BCUT2D eigenvalue weighted by atomic mass is 9.94. The number of halogens is 4. The lowest BCUT2D eigenvalue weighted by Gasteiger charge is -2.32. The second-order valence-electron chi connectivity index (χ2n) is 4.22. The molecule has 1 aliphatic heterocycles. The summed E-state index contributed by atoms with van der Waals surface area (Å²) < 4.78 is 36.1. The Hall–Kier alpha value is -0.490. The van der Waals surface area contributed by atoms with E-state index in [-0.39, 0.29) is 18.3 Å². The van der Waals surface area contributed by atoms with E-state index in [4.69, 9.17) is 5.73 Å². The van der Waals surface area contributed by atoms with Crippen LogP contribution in [-0.4, -0.2) is 36.6 Å². The first-order valence-corrected chi connectivity index (χ1v) is 5.47. The van der Waals surface area contributed by atoms with Crippen LogP contribution in [0.1, 0.15) is 25.7 Å². The monoisotopic (exact) mass is 274 g/mol. The standard InChI is InChI=1S/C10H17F3N2O.ClH/c11-10(12,13)6-9(16)15-5-1-2-8(7-15)3-4-14;/h8H,1-7,14H2;1H. The van der Waals surface area contributed by atoms with Crippen LogP contribution < -0.4 is 5.73 Å². The number of amides is 1. The molecule has 1 fully saturated rings. The molecule has 1 amide bonds. The summed E-state index contributed by atoms with van der Waals surface area (Å²) in [5.74, 6) is -0.551. The smallest absolute Gasteiger partial charge is 0.342 e. The van der Waals surface area contributed by atoms with E-state index in [1.165, 1.54) is 4.90 Å². The van der Waals surface area contributed by atoms with Gasteiger partial charge in [-0.05, 0) is 31.7 Å². The maximum absolute atomic E-state index is 12.0. The minimum Gasteiger partial charge on any atom is -0.342 e. The Morgan fingerprint density at radius 2 is 2.06 bits per heavy atom. The van der Waals surface area contributed by atoms with E-state index in [0.29, 0.717) is 19.6 Å². The summed E-state index contributed by atoms with van der Waals surface area (Å²) in [6.45, 7) is 1.38. The van der Waals surface area contributed by atoms with Gasteiger partial charge in [0.1, 0.15) is 6.42 Å². The highest BCUT2D eigenvalue weighted by Crippen LogP contribution is 2.24. The van der Waals surface area contributed by atoms with Crippen LogP contribution in [0.3, 0.4) is 0 Å². The molecule has 2 N–H and O–H groups in total. The third kappa shape index (κ3) is 6.12. The molecular weight excluding hydrogens is 257 g/mol. The van der Waals surface area contributed by atoms with Crippen LogP contribution >= 0.6 is 12.4 Å². The Morgan fingerprint density at radius 3 is 2.59 bits per heavy atom. The molecule has 0 bridgehead atoms. The van der Waals surface area contributed by atoms with Crippen molar-refractivity contribution in [2.24, 2.45) is 11.7 Å². The molecule has 0 aromatic carbocycles. The first-order chi connectivity index (χ1) is 7.42. The maximum Gasteiger partial charge on any atom is 0.397 e. The molecule has 0 aromatic heterocycles. The van der Waals surface area contributed by atoms with Gasteiger partial charge in [0, 0.05) is 13.1 Å². The Balaban J connectivity index is 0.00000256. The maximum atomic E-state index is 12.0. The van der Waals surface area contributed by atoms with Gasteiger partial charge in [0.25, 0.3) is 0 Å². The van der Waals surface area contributed by atoms with E-state index in [2.05, 4.69) is 0 Å². The Labute approximate surface area is 105 Å². The zero-order valence-corrected chi connectivity index (χ0v) is 10.3. The number of nitrogens with zero attached hydrogens (tertiary/aromatic N) is 1. The number of nitrogens with two attached hydrogens (primary N) is 1. The predicted molar refractivity (Wildman–Crippen MR) is 60.9 cm³/mol. The molecule has 1 unspecified atom stereocenters. The zero-order chi connectivity index (χ0) is 12.2. The minimum atomic E-state index is -4.40. The van der Waals surface area contributed by atoms with E-state index in [1.54, 1.807) is 0 Å². The number of carbonyl (C=O) groups excluding carboxylic acids is 1. The van der Waals surface area contributed by atoms with Crippen molar-refractivity contribution in [3.63, 3.8) is 0 Å². The quantitative estimate of drug-likeness (QED) is 0.855. The Kier molecular flexibility index (Phi) is 6.85. The molecule has 17 heavy (non-hydrogen) atoms. The predicted octanol–water partition coefficient (Wildman–Crippen LogP) is 1.95. The molecule has 1 aliphatic rings. The number of likely N-dealkylation sites (tertiary alicyclic amines) is 1. The van der Waals surface area contributed by atoms with Crippen molar-refractivity contribution in [2.45, 2.75) is 31.9 Å². The molecule has 1 heterocycles. The summed E-state index contributed by atoms with van der Waals surface area (Å²) >= 11 is 0. The van der Waals surface area contributed by atoms with Gasteiger partial charge in [-0.1, -0.05) is 0 Å². The highest BCUT2D eigenvalue weighted by Gasteiger charge is 2.34. The molecular formula is C10H18ClF3N2O. The SMILES string of the molecule is Cl.NCCC1CCCN(C(=O)CC(F)(F)F)C1. The Bertz CT molecular complexity index is 246. The third-order valence-corrected chi connectivity index (χ3v) is 2.80. The highest BCUT2D eigenvalue weighted by atomic mass is 35.5. The zero-order valence-electron chi connectivity index (χ0n) is 9.50. The lowest BCUT2D eigenvalue weighted by Crippen LogP contribution is -2.42. The Morgan fingerprint density at radius 1 is 1.41 bits per heavy atom. The van der Waals surface area contributed by atoms with E-state index in [0.717, 1.165) is 19.3 Å². The van der Waals surface area contributed by atoms with Crippen molar-refractivity contribution in [1.82, 2.24) is 4.90 Å². The summed E-state index contributed by atoms with van der Waals surface area (Å²) in [6, 6.07) is 0. The summed E-state index contributed by atoms with van der Waals surface area (Å²) in [7, 11) is 0. The number of rotatable bonds is 3. The van der Waals surface area contributed by atoms with Gasteiger partial charge in [-0.3, -0.25) is 4.79 Å². The van der Waals surface area contributed by atoms with E-state index >= 15 is 0 Å². The average Bonchev–Trinajstić information content (AvgIpc) is 2.16. The van der Waals surface area contributed by atoms with Crippen molar-refractivity contribution in [1.29, 1.82) is 0 Å². The van der Waals surface area contributed by atoms with E-state index < -0.39 is 18.5 Å². The normalized spacial score (nSPS) is 20.9. The molecule has 7 heteroatoms. The molecule has 102 valence electrons. The van der Waals surface area contributed by atoms with Crippen LogP contribution in [0.2, 0.25) is 0 Å². The van der Waals surface area contributed by atoms with Crippen LogP contribution in [0.5, 0.6) is 0 Å². The molecule has 0 radical (unpaired) electrons. The molecule has 1 saturated heterocycles. The molecule has 1 atom stereocenters. The molecule has 0 saturated carbocycles. The molecule has 1 rings (SSSR count). The molecule has 0 aromatic rings. The number of piperidine rings is 1. The van der Waals surface area contributed by atoms with Gasteiger partial charge in [-0.2, -0.15) is 13.2 Å². The average molecular weight is 275 g/mol. The number of hydrogen-bond donors (Lipinski definition) is 1. The van der Waals surface area contributed by atoms with Crippen LogP contribution in [0, 0.1) is 5.92 Å². The first kappa shape index (κ1) is 16.5. The largest absolute Gasteiger partial charge is 0.397 e. The van der Waals surface area contributed by atoms with E-state index in [1.807, 2.05) is 0 Å².